The Morgan fingerprint density at radius 2 is 2.03 bits per heavy atom. The number of carbonyl (C=O) groups is 2. The van der Waals surface area contributed by atoms with E-state index in [0.29, 0.717) is 37.6 Å². The summed E-state index contributed by atoms with van der Waals surface area (Å²) >= 11 is 0. The van der Waals surface area contributed by atoms with E-state index in [1.54, 1.807) is 4.90 Å². The predicted octanol–water partition coefficient (Wildman–Crippen LogP) is 0.591. The molecule has 3 rings (SSSR count). The zero-order chi connectivity index (χ0) is 21.2. The Labute approximate surface area is 169 Å². The highest BCUT2D eigenvalue weighted by Gasteiger charge is 2.44. The van der Waals surface area contributed by atoms with E-state index in [2.05, 4.69) is 5.32 Å². The van der Waals surface area contributed by atoms with Gasteiger partial charge in [-0.2, -0.15) is 0 Å². The van der Waals surface area contributed by atoms with Crippen LogP contribution in [0.25, 0.3) is 0 Å². The van der Waals surface area contributed by atoms with E-state index in [4.69, 9.17) is 14.7 Å². The van der Waals surface area contributed by atoms with Crippen LogP contribution < -0.4 is 20.3 Å². The molecule has 2 aliphatic heterocycles. The van der Waals surface area contributed by atoms with E-state index < -0.39 is 23.5 Å². The van der Waals surface area contributed by atoms with Gasteiger partial charge >= 0.3 is 0 Å². The highest BCUT2D eigenvalue weighted by atomic mass is 16.7. The second kappa shape index (κ2) is 8.56. The van der Waals surface area contributed by atoms with Gasteiger partial charge in [-0.15, -0.1) is 0 Å². The summed E-state index contributed by atoms with van der Waals surface area (Å²) in [6.07, 6.45) is -1.32. The fourth-order valence-electron chi connectivity index (χ4n) is 4.03. The van der Waals surface area contributed by atoms with E-state index >= 15 is 0 Å². The standard InChI is InChI=1S/C20H29N3O6/c1-12(2)8-14(17(24)18(25)22-27)19(26)23-7-6-21-10-20(23,3)13-4-5-15-16(9-13)29-11-28-15/h4-5,9,12,14,17,21,24,27H,6-8,10-11H2,1-3H3,(H,22,25)/t14-,17-,20-/m0/s1. The first-order valence-electron chi connectivity index (χ1n) is 9.82. The maximum atomic E-state index is 13.5. The lowest BCUT2D eigenvalue weighted by Gasteiger charge is -2.47. The molecule has 160 valence electrons. The van der Waals surface area contributed by atoms with Crippen molar-refractivity contribution in [1.29, 1.82) is 0 Å². The zero-order valence-corrected chi connectivity index (χ0v) is 17.0. The van der Waals surface area contributed by atoms with E-state index in [-0.39, 0.29) is 18.6 Å². The zero-order valence-electron chi connectivity index (χ0n) is 17.0. The second-order valence-electron chi connectivity index (χ2n) is 8.17. The van der Waals surface area contributed by atoms with Crippen LogP contribution in [0.3, 0.4) is 0 Å². The van der Waals surface area contributed by atoms with Gasteiger partial charge in [-0.05, 0) is 37.0 Å². The Hall–Kier alpha value is -2.36. The van der Waals surface area contributed by atoms with Crippen molar-refractivity contribution >= 4 is 11.8 Å². The van der Waals surface area contributed by atoms with Gasteiger partial charge in [0.2, 0.25) is 12.7 Å². The molecular weight excluding hydrogens is 378 g/mol. The lowest BCUT2D eigenvalue weighted by molar-refractivity contribution is -0.155. The average molecular weight is 407 g/mol. The Balaban J connectivity index is 1.94. The predicted molar refractivity (Wildman–Crippen MR) is 103 cm³/mol. The number of nitrogens with zero attached hydrogens (tertiary/aromatic N) is 1. The SMILES string of the molecule is CC(C)C[C@H](C(=O)N1CCNC[C@@]1(C)c1ccc2c(c1)OCO2)[C@H](O)C(=O)NO. The number of fused-ring (bicyclic) bond motifs is 1. The number of hydrogen-bond acceptors (Lipinski definition) is 7. The maximum Gasteiger partial charge on any atom is 0.272 e. The van der Waals surface area contributed by atoms with Crippen LogP contribution in [0, 0.1) is 11.8 Å². The molecule has 9 heteroatoms. The highest BCUT2D eigenvalue weighted by Crippen LogP contribution is 2.39. The highest BCUT2D eigenvalue weighted by molar-refractivity contribution is 5.89. The smallest absolute Gasteiger partial charge is 0.272 e. The summed E-state index contributed by atoms with van der Waals surface area (Å²) in [5.41, 5.74) is 1.61. The molecule has 0 bridgehead atoms. The molecule has 1 aromatic carbocycles. The second-order valence-corrected chi connectivity index (χ2v) is 8.17. The molecule has 3 atom stereocenters. The topological polar surface area (TPSA) is 120 Å². The van der Waals surface area contributed by atoms with E-state index in [1.807, 2.05) is 39.0 Å². The summed E-state index contributed by atoms with van der Waals surface area (Å²) in [4.78, 5) is 27.1. The van der Waals surface area contributed by atoms with Crippen LogP contribution in [0.4, 0.5) is 0 Å². The minimum absolute atomic E-state index is 0.0739. The molecule has 0 saturated carbocycles. The number of hydroxylamine groups is 1. The van der Waals surface area contributed by atoms with Crippen molar-refractivity contribution in [2.24, 2.45) is 11.8 Å². The molecule has 2 aliphatic rings. The molecule has 0 radical (unpaired) electrons. The summed E-state index contributed by atoms with van der Waals surface area (Å²) < 4.78 is 10.9. The third-order valence-corrected chi connectivity index (χ3v) is 5.64. The first kappa shape index (κ1) is 21.4. The van der Waals surface area contributed by atoms with E-state index in [0.717, 1.165) is 5.56 Å². The normalized spacial score (nSPS) is 23.0. The van der Waals surface area contributed by atoms with E-state index in [9.17, 15) is 14.7 Å². The fraction of sp³-hybridized carbons (Fsp3) is 0.600. The first-order valence-corrected chi connectivity index (χ1v) is 9.82. The van der Waals surface area contributed by atoms with Crippen LogP contribution in [0.2, 0.25) is 0 Å². The van der Waals surface area contributed by atoms with Crippen LogP contribution in [0.1, 0.15) is 32.8 Å². The van der Waals surface area contributed by atoms with Gasteiger partial charge < -0.3 is 24.8 Å². The number of ether oxygens (including phenoxy) is 2. The van der Waals surface area contributed by atoms with Gasteiger partial charge in [0, 0.05) is 19.6 Å². The van der Waals surface area contributed by atoms with Gasteiger partial charge in [-0.1, -0.05) is 19.9 Å². The number of amides is 2. The largest absolute Gasteiger partial charge is 0.454 e. The number of nitrogens with one attached hydrogen (secondary N) is 2. The molecule has 0 unspecified atom stereocenters. The van der Waals surface area contributed by atoms with Crippen molar-refractivity contribution in [3.05, 3.63) is 23.8 Å². The summed E-state index contributed by atoms with van der Waals surface area (Å²) in [7, 11) is 0. The van der Waals surface area contributed by atoms with Crippen molar-refractivity contribution in [2.45, 2.75) is 38.8 Å². The molecule has 1 aromatic rings. The third kappa shape index (κ3) is 4.17. The van der Waals surface area contributed by atoms with Gasteiger partial charge in [-0.25, -0.2) is 5.48 Å². The number of rotatable bonds is 6. The van der Waals surface area contributed by atoms with Crippen LogP contribution in [0.5, 0.6) is 11.5 Å². The number of carbonyl (C=O) groups excluding carboxylic acids is 2. The van der Waals surface area contributed by atoms with Crippen LogP contribution >= 0.6 is 0 Å². The summed E-state index contributed by atoms with van der Waals surface area (Å²) in [5.74, 6) is -0.911. The Bertz CT molecular complexity index is 771. The molecule has 0 spiro atoms. The molecule has 2 heterocycles. The first-order chi connectivity index (χ1) is 13.8. The number of piperazine rings is 1. The van der Waals surface area contributed by atoms with Crippen LogP contribution in [-0.4, -0.2) is 59.6 Å². The molecule has 29 heavy (non-hydrogen) atoms. The number of benzene rings is 1. The monoisotopic (exact) mass is 407 g/mol. The Morgan fingerprint density at radius 1 is 1.31 bits per heavy atom. The molecule has 0 aliphatic carbocycles. The van der Waals surface area contributed by atoms with Gasteiger partial charge in [0.1, 0.15) is 6.10 Å². The Morgan fingerprint density at radius 3 is 2.72 bits per heavy atom. The Kier molecular flexibility index (Phi) is 6.30. The van der Waals surface area contributed by atoms with E-state index in [1.165, 1.54) is 5.48 Å². The van der Waals surface area contributed by atoms with Crippen molar-refractivity contribution in [3.8, 4) is 11.5 Å². The summed E-state index contributed by atoms with van der Waals surface area (Å²) in [6, 6.07) is 5.58. The van der Waals surface area contributed by atoms with Crippen LogP contribution in [-0.2, 0) is 15.1 Å². The molecule has 2 amide bonds. The lowest BCUT2D eigenvalue weighted by Crippen LogP contribution is -2.62. The van der Waals surface area contributed by atoms with Crippen molar-refractivity contribution in [3.63, 3.8) is 0 Å². The quantitative estimate of drug-likeness (QED) is 0.402. The van der Waals surface area contributed by atoms with Gasteiger partial charge in [0.15, 0.2) is 11.5 Å². The number of aliphatic hydroxyl groups is 1. The minimum atomic E-state index is -1.63. The van der Waals surface area contributed by atoms with Crippen molar-refractivity contribution in [2.75, 3.05) is 26.4 Å². The summed E-state index contributed by atoms with van der Waals surface area (Å²) in [6.45, 7) is 7.47. The molecule has 0 aromatic heterocycles. The van der Waals surface area contributed by atoms with Crippen LogP contribution in [0.15, 0.2) is 18.2 Å². The number of hydrogen-bond donors (Lipinski definition) is 4. The number of aliphatic hydroxyl groups excluding tert-OH is 1. The lowest BCUT2D eigenvalue weighted by atomic mass is 9.84. The average Bonchev–Trinajstić information content (AvgIpc) is 3.18. The minimum Gasteiger partial charge on any atom is -0.454 e. The molecule has 1 fully saturated rings. The third-order valence-electron chi connectivity index (χ3n) is 5.64. The van der Waals surface area contributed by atoms with Gasteiger partial charge in [0.25, 0.3) is 5.91 Å². The molecule has 9 nitrogen and oxygen atoms in total. The van der Waals surface area contributed by atoms with Gasteiger partial charge in [-0.3, -0.25) is 14.8 Å². The molecular formula is C20H29N3O6. The molecule has 4 N–H and O–H groups in total. The van der Waals surface area contributed by atoms with Gasteiger partial charge in [0.05, 0.1) is 11.5 Å². The van der Waals surface area contributed by atoms with Crippen molar-refractivity contribution in [1.82, 2.24) is 15.7 Å². The summed E-state index contributed by atoms with van der Waals surface area (Å²) in [5, 5.41) is 22.7. The maximum absolute atomic E-state index is 13.5. The molecule has 1 saturated heterocycles. The fourth-order valence-corrected chi connectivity index (χ4v) is 4.03. The van der Waals surface area contributed by atoms with Crippen molar-refractivity contribution < 1.29 is 29.4 Å².